The molecule has 78 valence electrons. The first kappa shape index (κ1) is 9.37. The molecular formula is C10H17N3O. The predicted molar refractivity (Wildman–Crippen MR) is 53.8 cm³/mol. The van der Waals surface area contributed by atoms with Crippen molar-refractivity contribution in [2.45, 2.75) is 31.7 Å². The van der Waals surface area contributed by atoms with Crippen LogP contribution in [0.2, 0.25) is 0 Å². The molecule has 0 radical (unpaired) electrons. The number of carbonyl (C=O) groups is 1. The van der Waals surface area contributed by atoms with Crippen molar-refractivity contribution in [3.8, 4) is 0 Å². The fourth-order valence-electron chi connectivity index (χ4n) is 2.83. The van der Waals surface area contributed by atoms with E-state index in [2.05, 4.69) is 5.32 Å². The highest BCUT2D eigenvalue weighted by atomic mass is 16.1. The summed E-state index contributed by atoms with van der Waals surface area (Å²) in [4.78, 5) is 10.6. The lowest BCUT2D eigenvalue weighted by atomic mass is 9.95. The van der Waals surface area contributed by atoms with E-state index >= 15 is 0 Å². The summed E-state index contributed by atoms with van der Waals surface area (Å²) >= 11 is 0. The molecule has 2 bridgehead atoms. The number of nitrogens with one attached hydrogen (secondary N) is 1. The van der Waals surface area contributed by atoms with Gasteiger partial charge in [-0.15, -0.1) is 0 Å². The number of rotatable bonds is 3. The van der Waals surface area contributed by atoms with E-state index in [1.54, 1.807) is 0 Å². The molecule has 0 spiro atoms. The average molecular weight is 195 g/mol. The molecule has 4 nitrogen and oxygen atoms in total. The molecule has 4 heteroatoms. The molecule has 14 heavy (non-hydrogen) atoms. The maximum atomic E-state index is 10.6. The lowest BCUT2D eigenvalue weighted by Gasteiger charge is -2.23. The molecule has 0 heterocycles. The third kappa shape index (κ3) is 1.84. The zero-order chi connectivity index (χ0) is 10.1. The molecule has 2 saturated carbocycles. The molecular weight excluding hydrogens is 178 g/mol. The molecule has 0 aromatic heterocycles. The van der Waals surface area contributed by atoms with E-state index in [1.807, 2.05) is 0 Å². The van der Waals surface area contributed by atoms with Crippen LogP contribution >= 0.6 is 0 Å². The van der Waals surface area contributed by atoms with Crippen LogP contribution in [0, 0.1) is 11.8 Å². The Morgan fingerprint density at radius 3 is 2.57 bits per heavy atom. The van der Waals surface area contributed by atoms with Gasteiger partial charge < -0.3 is 16.8 Å². The molecule has 3 atom stereocenters. The Kier molecular flexibility index (Phi) is 2.35. The minimum absolute atomic E-state index is 0.412. The van der Waals surface area contributed by atoms with E-state index in [-0.39, 0.29) is 0 Å². The molecule has 2 rings (SSSR count). The maximum absolute atomic E-state index is 10.6. The first-order valence-corrected chi connectivity index (χ1v) is 5.18. The topological polar surface area (TPSA) is 81.1 Å². The monoisotopic (exact) mass is 195 g/mol. The molecule has 2 aliphatic rings. The second-order valence-corrected chi connectivity index (χ2v) is 4.43. The number of amides is 1. The molecule has 0 aromatic rings. The molecule has 0 saturated heterocycles. The lowest BCUT2D eigenvalue weighted by molar-refractivity contribution is -0.113. The molecule has 2 fully saturated rings. The molecule has 3 unspecified atom stereocenters. The van der Waals surface area contributed by atoms with E-state index < -0.39 is 5.91 Å². The van der Waals surface area contributed by atoms with Gasteiger partial charge in [-0.25, -0.2) is 0 Å². The zero-order valence-corrected chi connectivity index (χ0v) is 8.20. The number of hydrogen-bond acceptors (Lipinski definition) is 3. The summed E-state index contributed by atoms with van der Waals surface area (Å²) in [6, 6.07) is 0.462. The minimum Gasteiger partial charge on any atom is -0.385 e. The van der Waals surface area contributed by atoms with Crippen LogP contribution in [0.4, 0.5) is 0 Å². The number of primary amides is 1. The van der Waals surface area contributed by atoms with Crippen LogP contribution in [0.5, 0.6) is 0 Å². The normalized spacial score (nSPS) is 36.0. The number of hydrogen-bond donors (Lipinski definition) is 3. The largest absolute Gasteiger partial charge is 0.385 e. The summed E-state index contributed by atoms with van der Waals surface area (Å²) in [5.74, 6) is 1.55. The number of nitrogens with two attached hydrogens (primary N) is 2. The second-order valence-electron chi connectivity index (χ2n) is 4.43. The van der Waals surface area contributed by atoms with Crippen molar-refractivity contribution >= 4 is 5.91 Å². The first-order chi connectivity index (χ1) is 6.65. The van der Waals surface area contributed by atoms with Gasteiger partial charge in [-0.1, -0.05) is 6.42 Å². The average Bonchev–Trinajstić information content (AvgIpc) is 2.62. The Morgan fingerprint density at radius 1 is 1.29 bits per heavy atom. The summed E-state index contributed by atoms with van der Waals surface area (Å²) in [5.41, 5.74) is 10.6. The van der Waals surface area contributed by atoms with E-state index in [0.29, 0.717) is 11.9 Å². The van der Waals surface area contributed by atoms with Crippen molar-refractivity contribution in [2.75, 3.05) is 0 Å². The Morgan fingerprint density at radius 2 is 2.07 bits per heavy atom. The minimum atomic E-state index is -0.488. The SMILES string of the molecule is NC(=O)C=C(N)NC1CC2CCC1C2. The van der Waals surface area contributed by atoms with E-state index in [4.69, 9.17) is 11.5 Å². The van der Waals surface area contributed by atoms with E-state index in [9.17, 15) is 4.79 Å². The van der Waals surface area contributed by atoms with Gasteiger partial charge >= 0.3 is 0 Å². The van der Waals surface area contributed by atoms with Crippen molar-refractivity contribution in [3.05, 3.63) is 11.9 Å². The standard InChI is InChI=1S/C10H17N3O/c11-9(5-10(12)14)13-8-4-6-1-2-7(8)3-6/h5-8,13H,1-4,11H2,(H2,12,14). The van der Waals surface area contributed by atoms with Gasteiger partial charge in [0.25, 0.3) is 0 Å². The number of carbonyl (C=O) groups excluding carboxylic acids is 1. The van der Waals surface area contributed by atoms with Crippen molar-refractivity contribution in [1.82, 2.24) is 5.32 Å². The van der Waals surface area contributed by atoms with Crippen LogP contribution in [0.3, 0.4) is 0 Å². The first-order valence-electron chi connectivity index (χ1n) is 5.18. The highest BCUT2D eigenvalue weighted by Crippen LogP contribution is 2.44. The lowest BCUT2D eigenvalue weighted by Crippen LogP contribution is -2.36. The third-order valence-corrected chi connectivity index (χ3v) is 3.39. The van der Waals surface area contributed by atoms with Crippen molar-refractivity contribution in [2.24, 2.45) is 23.3 Å². The summed E-state index contributed by atoms with van der Waals surface area (Å²) in [5, 5.41) is 3.18. The molecule has 0 aromatic carbocycles. The Balaban J connectivity index is 1.89. The quantitative estimate of drug-likeness (QED) is 0.556. The van der Waals surface area contributed by atoms with Crippen LogP contribution < -0.4 is 16.8 Å². The fourth-order valence-corrected chi connectivity index (χ4v) is 2.83. The highest BCUT2D eigenvalue weighted by molar-refractivity contribution is 5.86. The number of fused-ring (bicyclic) bond motifs is 2. The van der Waals surface area contributed by atoms with Gasteiger partial charge in [0.2, 0.25) is 5.91 Å². The van der Waals surface area contributed by atoms with E-state index in [0.717, 1.165) is 11.8 Å². The van der Waals surface area contributed by atoms with Crippen molar-refractivity contribution in [3.63, 3.8) is 0 Å². The predicted octanol–water partition coefficient (Wildman–Crippen LogP) is 0.0500. The maximum Gasteiger partial charge on any atom is 0.245 e. The molecule has 5 N–H and O–H groups in total. The highest BCUT2D eigenvalue weighted by Gasteiger charge is 2.39. The van der Waals surface area contributed by atoms with Gasteiger partial charge in [-0.3, -0.25) is 4.79 Å². The van der Waals surface area contributed by atoms with Crippen LogP contribution in [0.15, 0.2) is 11.9 Å². The van der Waals surface area contributed by atoms with Crippen LogP contribution in [0.25, 0.3) is 0 Å². The van der Waals surface area contributed by atoms with Crippen molar-refractivity contribution < 1.29 is 4.79 Å². The molecule has 2 aliphatic carbocycles. The molecule has 0 aliphatic heterocycles. The smallest absolute Gasteiger partial charge is 0.245 e. The summed E-state index contributed by atoms with van der Waals surface area (Å²) < 4.78 is 0. The van der Waals surface area contributed by atoms with Gasteiger partial charge in [0.15, 0.2) is 0 Å². The Labute approximate surface area is 83.7 Å². The zero-order valence-electron chi connectivity index (χ0n) is 8.20. The Bertz CT molecular complexity index is 275. The summed E-state index contributed by atoms with van der Waals surface area (Å²) in [6.07, 6.45) is 6.43. The van der Waals surface area contributed by atoms with Crippen LogP contribution in [-0.2, 0) is 4.79 Å². The van der Waals surface area contributed by atoms with Gasteiger partial charge in [-0.2, -0.15) is 0 Å². The van der Waals surface area contributed by atoms with E-state index in [1.165, 1.54) is 31.8 Å². The van der Waals surface area contributed by atoms with Crippen LogP contribution in [0.1, 0.15) is 25.7 Å². The van der Waals surface area contributed by atoms with Gasteiger partial charge in [0, 0.05) is 12.1 Å². The third-order valence-electron chi connectivity index (χ3n) is 3.39. The molecule has 1 amide bonds. The van der Waals surface area contributed by atoms with Gasteiger partial charge in [0.1, 0.15) is 5.82 Å². The fraction of sp³-hybridized carbons (Fsp3) is 0.700. The second kappa shape index (κ2) is 3.52. The van der Waals surface area contributed by atoms with Gasteiger partial charge in [-0.05, 0) is 31.1 Å². The summed E-state index contributed by atoms with van der Waals surface area (Å²) in [6.45, 7) is 0. The Hall–Kier alpha value is -1.19. The van der Waals surface area contributed by atoms with Gasteiger partial charge in [0.05, 0.1) is 0 Å². The summed E-state index contributed by atoms with van der Waals surface area (Å²) in [7, 11) is 0. The van der Waals surface area contributed by atoms with Crippen molar-refractivity contribution in [1.29, 1.82) is 0 Å². The van der Waals surface area contributed by atoms with Crippen LogP contribution in [-0.4, -0.2) is 11.9 Å².